The number of nitrogen functional groups attached to an aromatic ring is 1. The van der Waals surface area contributed by atoms with E-state index in [0.717, 1.165) is 0 Å². The molecular formula is C8H7F2N3. The largest absolute Gasteiger partial charge is 0.397 e. The van der Waals surface area contributed by atoms with Crippen molar-refractivity contribution in [2.24, 2.45) is 0 Å². The van der Waals surface area contributed by atoms with Gasteiger partial charge in [0.15, 0.2) is 0 Å². The topological polar surface area (TPSA) is 62.7 Å². The first kappa shape index (κ1) is 9.39. The van der Waals surface area contributed by atoms with Crippen molar-refractivity contribution >= 4 is 5.69 Å². The van der Waals surface area contributed by atoms with Gasteiger partial charge in [-0.2, -0.15) is 5.26 Å². The van der Waals surface area contributed by atoms with E-state index in [1.165, 1.54) is 12.3 Å². The van der Waals surface area contributed by atoms with Crippen LogP contribution in [0.25, 0.3) is 0 Å². The molecule has 3 nitrogen and oxygen atoms in total. The van der Waals surface area contributed by atoms with Crippen molar-refractivity contribution < 1.29 is 8.78 Å². The number of nitriles is 1. The highest BCUT2D eigenvalue weighted by Crippen LogP contribution is 2.22. The van der Waals surface area contributed by atoms with Crippen LogP contribution in [0.1, 0.15) is 17.7 Å². The molecule has 68 valence electrons. The Labute approximate surface area is 73.8 Å². The summed E-state index contributed by atoms with van der Waals surface area (Å²) >= 11 is 0. The smallest absolute Gasteiger partial charge is 0.282 e. The van der Waals surface area contributed by atoms with E-state index < -0.39 is 12.1 Å². The van der Waals surface area contributed by atoms with Gasteiger partial charge in [-0.1, -0.05) is 0 Å². The lowest BCUT2D eigenvalue weighted by atomic mass is 10.2. The van der Waals surface area contributed by atoms with Gasteiger partial charge in [0.1, 0.15) is 5.69 Å². The molecule has 0 saturated carbocycles. The van der Waals surface area contributed by atoms with Crippen molar-refractivity contribution in [1.29, 1.82) is 5.26 Å². The van der Waals surface area contributed by atoms with E-state index in [4.69, 9.17) is 11.0 Å². The molecule has 13 heavy (non-hydrogen) atoms. The second kappa shape index (κ2) is 3.81. The van der Waals surface area contributed by atoms with Crippen LogP contribution in [0.3, 0.4) is 0 Å². The molecule has 1 aromatic rings. The summed E-state index contributed by atoms with van der Waals surface area (Å²) in [7, 11) is 0. The quantitative estimate of drug-likeness (QED) is 0.758. The molecule has 1 rings (SSSR count). The normalized spacial score (nSPS) is 10.0. The summed E-state index contributed by atoms with van der Waals surface area (Å²) < 4.78 is 24.3. The molecule has 0 saturated heterocycles. The Kier molecular flexibility index (Phi) is 2.75. The molecule has 0 fully saturated rings. The van der Waals surface area contributed by atoms with E-state index in [2.05, 4.69) is 4.98 Å². The number of hydrogen-bond donors (Lipinski definition) is 1. The number of nitrogens with two attached hydrogens (primary N) is 1. The van der Waals surface area contributed by atoms with Gasteiger partial charge in [-0.05, 0) is 11.6 Å². The van der Waals surface area contributed by atoms with Gasteiger partial charge in [0.2, 0.25) is 0 Å². The maximum Gasteiger partial charge on any atom is 0.282 e. The van der Waals surface area contributed by atoms with Crippen LogP contribution in [0.4, 0.5) is 14.5 Å². The van der Waals surface area contributed by atoms with Gasteiger partial charge in [-0.3, -0.25) is 4.98 Å². The van der Waals surface area contributed by atoms with Crippen LogP contribution < -0.4 is 5.73 Å². The fourth-order valence-corrected chi connectivity index (χ4v) is 0.908. The van der Waals surface area contributed by atoms with Crippen molar-refractivity contribution in [3.8, 4) is 6.07 Å². The van der Waals surface area contributed by atoms with Gasteiger partial charge < -0.3 is 5.73 Å². The molecule has 1 heterocycles. The van der Waals surface area contributed by atoms with Crippen LogP contribution in [-0.2, 0) is 6.42 Å². The van der Waals surface area contributed by atoms with Gasteiger partial charge in [0.05, 0.1) is 18.2 Å². The zero-order valence-electron chi connectivity index (χ0n) is 6.67. The highest BCUT2D eigenvalue weighted by molar-refractivity contribution is 5.45. The van der Waals surface area contributed by atoms with Gasteiger partial charge >= 0.3 is 0 Å². The van der Waals surface area contributed by atoms with Gasteiger partial charge in [-0.25, -0.2) is 8.78 Å². The Morgan fingerprint density at radius 2 is 2.31 bits per heavy atom. The van der Waals surface area contributed by atoms with Crippen LogP contribution in [0.15, 0.2) is 12.3 Å². The summed E-state index contributed by atoms with van der Waals surface area (Å²) in [6.45, 7) is 0. The summed E-state index contributed by atoms with van der Waals surface area (Å²) in [5.41, 5.74) is 5.35. The molecule has 0 spiro atoms. The summed E-state index contributed by atoms with van der Waals surface area (Å²) in [6, 6.07) is 3.22. The SMILES string of the molecule is N#CCc1cnc(C(F)F)c(N)c1. The fourth-order valence-electron chi connectivity index (χ4n) is 0.908. The number of halogens is 2. The van der Waals surface area contributed by atoms with Gasteiger partial charge in [0.25, 0.3) is 6.43 Å². The van der Waals surface area contributed by atoms with E-state index in [-0.39, 0.29) is 12.1 Å². The Morgan fingerprint density at radius 1 is 1.62 bits per heavy atom. The van der Waals surface area contributed by atoms with E-state index >= 15 is 0 Å². The molecule has 0 aliphatic carbocycles. The number of nitrogens with zero attached hydrogens (tertiary/aromatic N) is 2. The van der Waals surface area contributed by atoms with Crippen molar-refractivity contribution in [2.45, 2.75) is 12.8 Å². The fraction of sp³-hybridized carbons (Fsp3) is 0.250. The minimum Gasteiger partial charge on any atom is -0.397 e. The maximum absolute atomic E-state index is 12.1. The molecule has 0 radical (unpaired) electrons. The second-order valence-corrected chi connectivity index (χ2v) is 2.45. The maximum atomic E-state index is 12.1. The molecule has 0 bridgehead atoms. The second-order valence-electron chi connectivity index (χ2n) is 2.45. The van der Waals surface area contributed by atoms with E-state index in [9.17, 15) is 8.78 Å². The Balaban J connectivity index is 3.00. The number of rotatable bonds is 2. The van der Waals surface area contributed by atoms with Crippen LogP contribution in [0, 0.1) is 11.3 Å². The monoisotopic (exact) mass is 183 g/mol. The number of pyridine rings is 1. The lowest BCUT2D eigenvalue weighted by molar-refractivity contribution is 0.147. The van der Waals surface area contributed by atoms with Crippen molar-refractivity contribution in [2.75, 3.05) is 5.73 Å². The molecule has 5 heteroatoms. The molecule has 2 N–H and O–H groups in total. The van der Waals surface area contributed by atoms with Crippen molar-refractivity contribution in [3.63, 3.8) is 0 Å². The molecule has 0 aliphatic rings. The Bertz CT molecular complexity index is 344. The number of hydrogen-bond acceptors (Lipinski definition) is 3. The van der Waals surface area contributed by atoms with E-state index in [1.54, 1.807) is 0 Å². The highest BCUT2D eigenvalue weighted by Gasteiger charge is 2.12. The third-order valence-corrected chi connectivity index (χ3v) is 1.50. The predicted octanol–water partition coefficient (Wildman–Crippen LogP) is 1.67. The number of anilines is 1. The zero-order valence-corrected chi connectivity index (χ0v) is 6.67. The molecule has 0 amide bonds. The number of alkyl halides is 2. The van der Waals surface area contributed by atoms with Crippen molar-refractivity contribution in [1.82, 2.24) is 4.98 Å². The third kappa shape index (κ3) is 2.12. The minimum absolute atomic E-state index is 0.0669. The predicted molar refractivity (Wildman–Crippen MR) is 42.9 cm³/mol. The summed E-state index contributed by atoms with van der Waals surface area (Å²) in [6.07, 6.45) is -1.31. The van der Waals surface area contributed by atoms with E-state index in [1.807, 2.05) is 6.07 Å². The molecule has 0 aliphatic heterocycles. The first-order chi connectivity index (χ1) is 6.15. The van der Waals surface area contributed by atoms with Crippen LogP contribution in [0.5, 0.6) is 0 Å². The van der Waals surface area contributed by atoms with Crippen LogP contribution in [-0.4, -0.2) is 4.98 Å². The molecule has 0 unspecified atom stereocenters. The first-order valence-electron chi connectivity index (χ1n) is 3.54. The van der Waals surface area contributed by atoms with E-state index in [0.29, 0.717) is 5.56 Å². The lowest BCUT2D eigenvalue weighted by Crippen LogP contribution is -1.99. The Morgan fingerprint density at radius 3 is 2.77 bits per heavy atom. The first-order valence-corrected chi connectivity index (χ1v) is 3.54. The van der Waals surface area contributed by atoms with Crippen molar-refractivity contribution in [3.05, 3.63) is 23.5 Å². The average Bonchev–Trinajstić information content (AvgIpc) is 2.04. The van der Waals surface area contributed by atoms with Crippen LogP contribution in [0.2, 0.25) is 0 Å². The molecule has 1 aromatic heterocycles. The Hall–Kier alpha value is -1.70. The van der Waals surface area contributed by atoms with Gasteiger partial charge in [-0.15, -0.1) is 0 Å². The molecule has 0 aromatic carbocycles. The molecular weight excluding hydrogens is 176 g/mol. The number of aromatic nitrogens is 1. The summed E-state index contributed by atoms with van der Waals surface area (Å²) in [5.74, 6) is 0. The lowest BCUT2D eigenvalue weighted by Gasteiger charge is -2.03. The van der Waals surface area contributed by atoms with Crippen LogP contribution >= 0.6 is 0 Å². The minimum atomic E-state index is -2.67. The van der Waals surface area contributed by atoms with Gasteiger partial charge in [0, 0.05) is 6.20 Å². The highest BCUT2D eigenvalue weighted by atomic mass is 19.3. The summed E-state index contributed by atoms with van der Waals surface area (Å²) in [5, 5.41) is 8.32. The standard InChI is InChI=1S/C8H7F2N3/c9-8(10)7-6(12)3-5(1-2-11)4-13-7/h3-4,8H,1,12H2. The molecule has 0 atom stereocenters. The average molecular weight is 183 g/mol. The third-order valence-electron chi connectivity index (χ3n) is 1.50. The summed E-state index contributed by atoms with van der Waals surface area (Å²) in [4.78, 5) is 3.47. The zero-order chi connectivity index (χ0) is 9.84.